The molecular formula is C15H21N3O2S. The third-order valence-electron chi connectivity index (χ3n) is 3.57. The van der Waals surface area contributed by atoms with E-state index >= 15 is 0 Å². The number of hydrogen-bond acceptors (Lipinski definition) is 3. The van der Waals surface area contributed by atoms with Crippen molar-refractivity contribution in [1.29, 1.82) is 0 Å². The Morgan fingerprint density at radius 2 is 1.86 bits per heavy atom. The number of aromatic nitrogens is 1. The molecule has 0 fully saturated rings. The van der Waals surface area contributed by atoms with Gasteiger partial charge in [0.25, 0.3) is 10.0 Å². The maximum Gasteiger partial charge on any atom is 0.265 e. The zero-order valence-corrected chi connectivity index (χ0v) is 13.4. The molecule has 0 saturated carbocycles. The molecule has 1 heterocycles. The Kier molecular flexibility index (Phi) is 4.39. The number of benzene rings is 1. The van der Waals surface area contributed by atoms with Crippen molar-refractivity contribution in [2.24, 2.45) is 5.73 Å². The summed E-state index contributed by atoms with van der Waals surface area (Å²) < 4.78 is 28.5. The van der Waals surface area contributed by atoms with Crippen LogP contribution in [0.5, 0.6) is 0 Å². The van der Waals surface area contributed by atoms with Crippen LogP contribution < -0.4 is 10.0 Å². The van der Waals surface area contributed by atoms with Gasteiger partial charge < -0.3 is 10.3 Å². The van der Waals surface area contributed by atoms with Crippen molar-refractivity contribution in [2.75, 3.05) is 11.4 Å². The Morgan fingerprint density at radius 3 is 2.33 bits per heavy atom. The van der Waals surface area contributed by atoms with E-state index in [4.69, 9.17) is 5.73 Å². The van der Waals surface area contributed by atoms with Crippen LogP contribution in [0.3, 0.4) is 0 Å². The molecule has 21 heavy (non-hydrogen) atoms. The van der Waals surface area contributed by atoms with E-state index in [0.29, 0.717) is 18.8 Å². The molecule has 2 N–H and O–H groups in total. The quantitative estimate of drug-likeness (QED) is 0.919. The molecule has 2 rings (SSSR count). The predicted octanol–water partition coefficient (Wildman–Crippen LogP) is 2.10. The number of sulfonamides is 1. The molecule has 2 aromatic rings. The van der Waals surface area contributed by atoms with Crippen LogP contribution in [0.1, 0.15) is 18.2 Å². The highest BCUT2D eigenvalue weighted by molar-refractivity contribution is 7.92. The molecule has 0 aliphatic heterocycles. The lowest BCUT2D eigenvalue weighted by Gasteiger charge is -2.18. The fourth-order valence-corrected chi connectivity index (χ4v) is 3.44. The van der Waals surface area contributed by atoms with E-state index in [9.17, 15) is 8.42 Å². The minimum atomic E-state index is -3.57. The van der Waals surface area contributed by atoms with Crippen LogP contribution in [-0.2, 0) is 23.1 Å². The largest absolute Gasteiger partial charge is 0.349 e. The van der Waals surface area contributed by atoms with Crippen molar-refractivity contribution >= 4 is 15.7 Å². The summed E-state index contributed by atoms with van der Waals surface area (Å²) in [7, 11) is -2.01. The summed E-state index contributed by atoms with van der Waals surface area (Å²) >= 11 is 0. The normalized spacial score (nSPS) is 11.6. The van der Waals surface area contributed by atoms with Crippen LogP contribution in [0.4, 0.5) is 5.69 Å². The second-order valence-electron chi connectivity index (χ2n) is 4.97. The molecule has 114 valence electrons. The Bertz CT molecular complexity index is 696. The lowest BCUT2D eigenvalue weighted by molar-refractivity contribution is 0.594. The zero-order chi connectivity index (χ0) is 15.6. The predicted molar refractivity (Wildman–Crippen MR) is 84.8 cm³/mol. The maximum atomic E-state index is 12.7. The van der Waals surface area contributed by atoms with E-state index in [1.165, 1.54) is 4.31 Å². The summed E-state index contributed by atoms with van der Waals surface area (Å²) in [5, 5.41) is 0. The molecule has 0 amide bonds. The second kappa shape index (κ2) is 5.91. The third kappa shape index (κ3) is 2.96. The summed E-state index contributed by atoms with van der Waals surface area (Å²) in [5.41, 5.74) is 8.20. The van der Waals surface area contributed by atoms with Gasteiger partial charge in [-0.15, -0.1) is 0 Å². The molecule has 0 aliphatic rings. The van der Waals surface area contributed by atoms with E-state index < -0.39 is 10.0 Å². The van der Waals surface area contributed by atoms with Gasteiger partial charge in [-0.2, -0.15) is 0 Å². The highest BCUT2D eigenvalue weighted by Gasteiger charge is 2.23. The monoisotopic (exact) mass is 307 g/mol. The van der Waals surface area contributed by atoms with Gasteiger partial charge in [0.2, 0.25) is 0 Å². The van der Waals surface area contributed by atoms with Gasteiger partial charge in [-0.05, 0) is 32.0 Å². The highest BCUT2D eigenvalue weighted by Crippen LogP contribution is 2.23. The second-order valence-corrected chi connectivity index (χ2v) is 6.93. The Balaban J connectivity index is 2.41. The first-order valence-electron chi connectivity index (χ1n) is 6.85. The molecule has 0 spiro atoms. The van der Waals surface area contributed by atoms with E-state index in [1.807, 2.05) is 30.5 Å². The van der Waals surface area contributed by atoms with Crippen molar-refractivity contribution in [1.82, 2.24) is 4.57 Å². The van der Waals surface area contributed by atoms with Crippen LogP contribution in [-0.4, -0.2) is 20.0 Å². The van der Waals surface area contributed by atoms with Crippen molar-refractivity contribution < 1.29 is 8.42 Å². The Morgan fingerprint density at radius 1 is 1.24 bits per heavy atom. The number of anilines is 1. The van der Waals surface area contributed by atoms with Gasteiger partial charge in [0, 0.05) is 32.0 Å². The minimum absolute atomic E-state index is 0.271. The molecule has 1 aromatic heterocycles. The smallest absolute Gasteiger partial charge is 0.265 e. The number of aryl methyl sites for hydroxylation is 2. The SMILES string of the molecule is CCn1cc(S(=O)(=O)N(C)c2ccc(C)cc2)cc1CN. The molecule has 0 atom stereocenters. The van der Waals surface area contributed by atoms with Gasteiger partial charge in [0.1, 0.15) is 4.90 Å². The van der Waals surface area contributed by atoms with Crippen molar-refractivity contribution in [3.8, 4) is 0 Å². The molecule has 0 aliphatic carbocycles. The Hall–Kier alpha value is -1.79. The van der Waals surface area contributed by atoms with E-state index in [1.54, 1.807) is 31.4 Å². The summed E-state index contributed by atoms with van der Waals surface area (Å²) in [4.78, 5) is 0.271. The van der Waals surface area contributed by atoms with Crippen molar-refractivity contribution in [3.63, 3.8) is 0 Å². The average Bonchev–Trinajstić information content (AvgIpc) is 2.91. The molecular weight excluding hydrogens is 286 g/mol. The summed E-state index contributed by atoms with van der Waals surface area (Å²) in [6, 6.07) is 9.03. The van der Waals surface area contributed by atoms with E-state index in [2.05, 4.69) is 0 Å². The van der Waals surface area contributed by atoms with E-state index in [-0.39, 0.29) is 4.90 Å². The van der Waals surface area contributed by atoms with Crippen LogP contribution in [0, 0.1) is 6.92 Å². The number of rotatable bonds is 5. The fraction of sp³-hybridized carbons (Fsp3) is 0.333. The molecule has 0 radical (unpaired) electrons. The highest BCUT2D eigenvalue weighted by atomic mass is 32.2. The van der Waals surface area contributed by atoms with Gasteiger partial charge in [0.15, 0.2) is 0 Å². The lowest BCUT2D eigenvalue weighted by atomic mass is 10.2. The first-order chi connectivity index (χ1) is 9.90. The summed E-state index contributed by atoms with van der Waals surface area (Å²) in [5.74, 6) is 0. The van der Waals surface area contributed by atoms with Gasteiger partial charge in [0.05, 0.1) is 5.69 Å². The molecule has 0 saturated heterocycles. The minimum Gasteiger partial charge on any atom is -0.349 e. The molecule has 5 nitrogen and oxygen atoms in total. The fourth-order valence-electron chi connectivity index (χ4n) is 2.18. The first-order valence-corrected chi connectivity index (χ1v) is 8.29. The molecule has 1 aromatic carbocycles. The first kappa shape index (κ1) is 15.6. The third-order valence-corrected chi connectivity index (χ3v) is 5.32. The van der Waals surface area contributed by atoms with Crippen molar-refractivity contribution in [3.05, 3.63) is 47.8 Å². The zero-order valence-electron chi connectivity index (χ0n) is 12.6. The van der Waals surface area contributed by atoms with Crippen LogP contribution in [0.2, 0.25) is 0 Å². The number of hydrogen-bond donors (Lipinski definition) is 1. The topological polar surface area (TPSA) is 68.3 Å². The van der Waals surface area contributed by atoms with Crippen LogP contribution in [0.15, 0.2) is 41.4 Å². The molecule has 6 heteroatoms. The average molecular weight is 307 g/mol. The Labute approximate surface area is 126 Å². The number of nitrogens with two attached hydrogens (primary N) is 1. The van der Waals surface area contributed by atoms with E-state index in [0.717, 1.165) is 11.3 Å². The molecule has 0 unspecified atom stereocenters. The van der Waals surface area contributed by atoms with Gasteiger partial charge >= 0.3 is 0 Å². The van der Waals surface area contributed by atoms with Crippen molar-refractivity contribution in [2.45, 2.75) is 31.8 Å². The number of nitrogens with zero attached hydrogens (tertiary/aromatic N) is 2. The summed E-state index contributed by atoms with van der Waals surface area (Å²) in [6.45, 7) is 4.93. The van der Waals surface area contributed by atoms with Gasteiger partial charge in [-0.3, -0.25) is 4.31 Å². The molecule has 0 bridgehead atoms. The summed E-state index contributed by atoms with van der Waals surface area (Å²) in [6.07, 6.45) is 1.64. The lowest BCUT2D eigenvalue weighted by Crippen LogP contribution is -2.26. The van der Waals surface area contributed by atoms with Crippen LogP contribution >= 0.6 is 0 Å². The van der Waals surface area contributed by atoms with Gasteiger partial charge in [-0.1, -0.05) is 17.7 Å². The maximum absolute atomic E-state index is 12.7. The van der Waals surface area contributed by atoms with Crippen LogP contribution in [0.25, 0.3) is 0 Å². The van der Waals surface area contributed by atoms with Gasteiger partial charge in [-0.25, -0.2) is 8.42 Å². The standard InChI is InChI=1S/C15H21N3O2S/c1-4-18-11-15(9-14(18)10-16)21(19,20)17(3)13-7-5-12(2)6-8-13/h5-9,11H,4,10,16H2,1-3H3.